The SMILES string of the molecule is O=C1c2cc(C(F)(F)F)ccc2N2CN1c1ccc(=O)[nH]c1NCCCCc1cc(F)ccc12. The summed E-state index contributed by atoms with van der Waals surface area (Å²) >= 11 is 0. The van der Waals surface area contributed by atoms with E-state index in [1.807, 2.05) is 0 Å². The number of alkyl halides is 3. The Bertz CT molecular complexity index is 1340. The second-order valence-corrected chi connectivity index (χ2v) is 8.27. The average molecular weight is 472 g/mol. The molecule has 2 aromatic carbocycles. The molecule has 2 aliphatic heterocycles. The van der Waals surface area contributed by atoms with Gasteiger partial charge in [0, 0.05) is 18.3 Å². The minimum Gasteiger partial charge on any atom is -0.370 e. The number of halogens is 4. The smallest absolute Gasteiger partial charge is 0.370 e. The van der Waals surface area contributed by atoms with Crippen LogP contribution in [0.5, 0.6) is 0 Å². The molecule has 3 heterocycles. The minimum absolute atomic E-state index is 0.0312. The number of benzene rings is 2. The lowest BCUT2D eigenvalue weighted by atomic mass is 10.00. The van der Waals surface area contributed by atoms with Crippen LogP contribution in [0.1, 0.15) is 34.3 Å². The largest absolute Gasteiger partial charge is 0.416 e. The van der Waals surface area contributed by atoms with E-state index in [0.29, 0.717) is 54.3 Å². The number of carbonyl (C=O) groups is 1. The molecule has 3 aromatic rings. The zero-order valence-corrected chi connectivity index (χ0v) is 17.9. The van der Waals surface area contributed by atoms with Crippen LogP contribution < -0.4 is 20.7 Å². The molecule has 5 rings (SSSR count). The van der Waals surface area contributed by atoms with Gasteiger partial charge < -0.3 is 15.2 Å². The molecule has 2 bridgehead atoms. The van der Waals surface area contributed by atoms with E-state index in [4.69, 9.17) is 0 Å². The van der Waals surface area contributed by atoms with Crippen LogP contribution in [0.4, 0.5) is 40.4 Å². The Morgan fingerprint density at radius 2 is 1.62 bits per heavy atom. The Balaban J connectivity index is 1.75. The molecule has 10 heteroatoms. The van der Waals surface area contributed by atoms with Gasteiger partial charge >= 0.3 is 6.18 Å². The summed E-state index contributed by atoms with van der Waals surface area (Å²) in [6.45, 7) is 0.453. The highest BCUT2D eigenvalue weighted by Gasteiger charge is 2.37. The van der Waals surface area contributed by atoms with Crippen LogP contribution in [0.3, 0.4) is 0 Å². The van der Waals surface area contributed by atoms with E-state index < -0.39 is 23.5 Å². The number of nitrogens with zero attached hydrogens (tertiary/aromatic N) is 2. The van der Waals surface area contributed by atoms with Gasteiger partial charge in [-0.05, 0) is 67.3 Å². The molecule has 0 fully saturated rings. The number of hydrogen-bond donors (Lipinski definition) is 2. The van der Waals surface area contributed by atoms with Crippen molar-refractivity contribution in [2.75, 3.05) is 28.3 Å². The van der Waals surface area contributed by atoms with Crippen LogP contribution in [0.25, 0.3) is 0 Å². The molecule has 0 aliphatic carbocycles. The Morgan fingerprint density at radius 3 is 2.41 bits per heavy atom. The summed E-state index contributed by atoms with van der Waals surface area (Å²) in [6.07, 6.45) is -2.67. The number of hydrogen-bond acceptors (Lipinski definition) is 4. The van der Waals surface area contributed by atoms with E-state index in [1.54, 1.807) is 11.0 Å². The first-order valence-electron chi connectivity index (χ1n) is 10.8. The molecule has 0 atom stereocenters. The molecule has 0 spiro atoms. The molecule has 0 saturated heterocycles. The van der Waals surface area contributed by atoms with Gasteiger partial charge in [-0.1, -0.05) is 0 Å². The van der Waals surface area contributed by atoms with E-state index in [-0.39, 0.29) is 17.8 Å². The molecule has 2 N–H and O–H groups in total. The number of anilines is 4. The monoisotopic (exact) mass is 472 g/mol. The van der Waals surface area contributed by atoms with E-state index in [0.717, 1.165) is 12.1 Å². The maximum absolute atomic E-state index is 14.1. The Morgan fingerprint density at radius 1 is 0.853 bits per heavy atom. The summed E-state index contributed by atoms with van der Waals surface area (Å²) in [4.78, 5) is 31.1. The number of amides is 1. The zero-order chi connectivity index (χ0) is 24.0. The van der Waals surface area contributed by atoms with Crippen molar-refractivity contribution in [3.63, 3.8) is 0 Å². The molecule has 176 valence electrons. The lowest BCUT2D eigenvalue weighted by Gasteiger charge is -2.39. The lowest BCUT2D eigenvalue weighted by Crippen LogP contribution is -2.46. The fourth-order valence-electron chi connectivity index (χ4n) is 4.44. The predicted molar refractivity (Wildman–Crippen MR) is 120 cm³/mol. The number of carbonyl (C=O) groups excluding carboxylic acids is 1. The topological polar surface area (TPSA) is 68.4 Å². The second kappa shape index (κ2) is 8.19. The normalized spacial score (nSPS) is 15.9. The van der Waals surface area contributed by atoms with Crippen molar-refractivity contribution in [1.29, 1.82) is 0 Å². The van der Waals surface area contributed by atoms with Crippen molar-refractivity contribution < 1.29 is 22.4 Å². The van der Waals surface area contributed by atoms with Gasteiger partial charge in [0.25, 0.3) is 5.91 Å². The number of nitrogens with one attached hydrogen (secondary N) is 2. The van der Waals surface area contributed by atoms with E-state index in [9.17, 15) is 27.2 Å². The fourth-order valence-corrected chi connectivity index (χ4v) is 4.44. The quantitative estimate of drug-likeness (QED) is 0.450. The molecule has 0 saturated carbocycles. The van der Waals surface area contributed by atoms with Crippen LogP contribution in [0.15, 0.2) is 53.3 Å². The van der Waals surface area contributed by atoms with E-state index >= 15 is 0 Å². The summed E-state index contributed by atoms with van der Waals surface area (Å²) in [5.74, 6) is -0.728. The van der Waals surface area contributed by atoms with Crippen molar-refractivity contribution in [3.05, 3.63) is 81.4 Å². The number of aryl methyl sites for hydroxylation is 1. The summed E-state index contributed by atoms with van der Waals surface area (Å²) < 4.78 is 54.5. The summed E-state index contributed by atoms with van der Waals surface area (Å²) in [7, 11) is 0. The lowest BCUT2D eigenvalue weighted by molar-refractivity contribution is -0.137. The molecule has 34 heavy (non-hydrogen) atoms. The highest BCUT2D eigenvalue weighted by atomic mass is 19.4. The predicted octanol–water partition coefficient (Wildman–Crippen LogP) is 5.04. The van der Waals surface area contributed by atoms with Crippen molar-refractivity contribution in [2.45, 2.75) is 25.4 Å². The van der Waals surface area contributed by atoms with Gasteiger partial charge in [-0.2, -0.15) is 13.2 Å². The number of H-pyrrole nitrogens is 1. The molecule has 2 aliphatic rings. The van der Waals surface area contributed by atoms with Crippen LogP contribution in [0, 0.1) is 5.82 Å². The van der Waals surface area contributed by atoms with Crippen LogP contribution >= 0.6 is 0 Å². The maximum atomic E-state index is 14.1. The number of rotatable bonds is 0. The Hall–Kier alpha value is -3.82. The number of pyridine rings is 1. The Kier molecular flexibility index (Phi) is 5.30. The second-order valence-electron chi connectivity index (χ2n) is 8.27. The molecular weight excluding hydrogens is 452 g/mol. The molecule has 0 radical (unpaired) electrons. The highest BCUT2D eigenvalue weighted by molar-refractivity contribution is 6.13. The summed E-state index contributed by atoms with van der Waals surface area (Å²) in [5.41, 5.74) is 0.495. The minimum atomic E-state index is -4.63. The standard InChI is InChI=1S/C24H20F4N4O2/c25-16-5-7-18-14(11-16)3-1-2-10-29-22-20(8-9-21(33)30-22)32-13-31(18)19-6-4-15(24(26,27)28)12-17(19)23(32)34/h4-9,11-12H,1-3,10,13H2,(H2,29,30,33). The molecule has 0 unspecified atom stereocenters. The van der Waals surface area contributed by atoms with Gasteiger partial charge in [-0.15, -0.1) is 0 Å². The summed E-state index contributed by atoms with van der Waals surface area (Å²) in [6, 6.07) is 10.1. The van der Waals surface area contributed by atoms with Crippen LogP contribution in [0.2, 0.25) is 0 Å². The van der Waals surface area contributed by atoms with Crippen LogP contribution in [-0.2, 0) is 12.6 Å². The third-order valence-electron chi connectivity index (χ3n) is 6.07. The third kappa shape index (κ3) is 3.89. The van der Waals surface area contributed by atoms with Gasteiger partial charge in [0.1, 0.15) is 18.3 Å². The first kappa shape index (κ1) is 22.0. The first-order chi connectivity index (χ1) is 16.2. The average Bonchev–Trinajstić information content (AvgIpc) is 2.79. The van der Waals surface area contributed by atoms with E-state index in [1.165, 1.54) is 35.2 Å². The Labute approximate surface area is 191 Å². The van der Waals surface area contributed by atoms with Gasteiger partial charge in [0.05, 0.1) is 22.5 Å². The first-order valence-corrected chi connectivity index (χ1v) is 10.8. The molecule has 6 nitrogen and oxygen atoms in total. The van der Waals surface area contributed by atoms with Crippen molar-refractivity contribution in [1.82, 2.24) is 4.98 Å². The van der Waals surface area contributed by atoms with Gasteiger partial charge in [-0.3, -0.25) is 14.5 Å². The van der Waals surface area contributed by atoms with Crippen LogP contribution in [-0.4, -0.2) is 24.1 Å². The van der Waals surface area contributed by atoms with Crippen molar-refractivity contribution >= 4 is 28.8 Å². The zero-order valence-electron chi connectivity index (χ0n) is 17.9. The fraction of sp³-hybridized carbons (Fsp3) is 0.250. The van der Waals surface area contributed by atoms with Gasteiger partial charge in [0.15, 0.2) is 0 Å². The van der Waals surface area contributed by atoms with Gasteiger partial charge in [0.2, 0.25) is 5.56 Å². The van der Waals surface area contributed by atoms with Crippen molar-refractivity contribution in [2.24, 2.45) is 0 Å². The number of aromatic nitrogens is 1. The molecule has 1 amide bonds. The summed E-state index contributed by atoms with van der Waals surface area (Å²) in [5, 5.41) is 3.12. The maximum Gasteiger partial charge on any atom is 0.416 e. The number of fused-ring (bicyclic) bond motifs is 8. The van der Waals surface area contributed by atoms with Crippen molar-refractivity contribution in [3.8, 4) is 0 Å². The molecule has 1 aromatic heterocycles. The third-order valence-corrected chi connectivity index (χ3v) is 6.07. The van der Waals surface area contributed by atoms with E-state index in [2.05, 4.69) is 10.3 Å². The number of aromatic amines is 1. The van der Waals surface area contributed by atoms with Gasteiger partial charge in [-0.25, -0.2) is 4.39 Å². The highest BCUT2D eigenvalue weighted by Crippen LogP contribution is 2.41. The molecular formula is C24H20F4N4O2.